The van der Waals surface area contributed by atoms with Gasteiger partial charge in [0.15, 0.2) is 5.16 Å². The molecule has 1 N–H and O–H groups in total. The smallest absolute Gasteiger partial charge is 0.313 e. The van der Waals surface area contributed by atoms with Gasteiger partial charge in [-0.25, -0.2) is 4.98 Å². The topological polar surface area (TPSA) is 64.3 Å². The number of aryl methyl sites for hydroxylation is 1. The molecule has 1 aromatic heterocycles. The van der Waals surface area contributed by atoms with Crippen LogP contribution >= 0.6 is 11.8 Å². The molecule has 1 saturated heterocycles. The number of thioether (sulfide) groups is 1. The first-order valence-corrected chi connectivity index (χ1v) is 7.66. The molecule has 6 heteroatoms. The number of rotatable bonds is 7. The number of carboxylic acid groups (broad SMARTS) is 1. The summed E-state index contributed by atoms with van der Waals surface area (Å²) >= 11 is 1.29. The van der Waals surface area contributed by atoms with Gasteiger partial charge in [0, 0.05) is 31.6 Å². The molecule has 2 rings (SSSR count). The molecule has 1 aliphatic rings. The molecule has 1 aromatic rings. The van der Waals surface area contributed by atoms with Crippen molar-refractivity contribution in [3.63, 3.8) is 0 Å². The number of imidazole rings is 1. The third kappa shape index (κ3) is 3.98. The summed E-state index contributed by atoms with van der Waals surface area (Å²) in [5.74, 6) is -0.113. The number of hydrogen-bond donors (Lipinski definition) is 1. The minimum atomic E-state index is -0.804. The number of ether oxygens (including phenoxy) is 1. The van der Waals surface area contributed by atoms with E-state index in [1.807, 2.05) is 6.20 Å². The van der Waals surface area contributed by atoms with Crippen molar-refractivity contribution in [3.8, 4) is 0 Å². The molecule has 106 valence electrons. The van der Waals surface area contributed by atoms with Crippen molar-refractivity contribution in [1.82, 2.24) is 9.55 Å². The van der Waals surface area contributed by atoms with Crippen LogP contribution in [0.15, 0.2) is 11.4 Å². The summed E-state index contributed by atoms with van der Waals surface area (Å²) in [4.78, 5) is 15.0. The fourth-order valence-electron chi connectivity index (χ4n) is 2.28. The molecular formula is C13H20N2O3S. The van der Waals surface area contributed by atoms with Gasteiger partial charge < -0.3 is 14.4 Å². The fourth-order valence-corrected chi connectivity index (χ4v) is 3.02. The van der Waals surface area contributed by atoms with Crippen molar-refractivity contribution in [2.24, 2.45) is 5.92 Å². The van der Waals surface area contributed by atoms with E-state index in [2.05, 4.69) is 16.5 Å². The fraction of sp³-hybridized carbons (Fsp3) is 0.692. The predicted molar refractivity (Wildman–Crippen MR) is 73.5 cm³/mol. The first-order valence-electron chi connectivity index (χ1n) is 6.67. The minimum Gasteiger partial charge on any atom is -0.481 e. The molecule has 0 saturated carbocycles. The highest BCUT2D eigenvalue weighted by Gasteiger charge is 2.17. The third-order valence-corrected chi connectivity index (χ3v) is 4.35. The largest absolute Gasteiger partial charge is 0.481 e. The molecule has 1 atom stereocenters. The van der Waals surface area contributed by atoms with Crippen LogP contribution in [0.1, 0.15) is 25.5 Å². The van der Waals surface area contributed by atoms with E-state index in [1.165, 1.54) is 17.5 Å². The average Bonchev–Trinajstić information content (AvgIpc) is 3.02. The maximum atomic E-state index is 10.7. The van der Waals surface area contributed by atoms with Crippen molar-refractivity contribution in [3.05, 3.63) is 11.9 Å². The minimum absolute atomic E-state index is 0.0622. The van der Waals surface area contributed by atoms with E-state index in [1.54, 1.807) is 0 Å². The number of hydrogen-bond acceptors (Lipinski definition) is 4. The average molecular weight is 284 g/mol. The van der Waals surface area contributed by atoms with Gasteiger partial charge in [-0.15, -0.1) is 0 Å². The molecule has 0 radical (unpaired) electrons. The van der Waals surface area contributed by atoms with Gasteiger partial charge in [-0.1, -0.05) is 18.7 Å². The third-order valence-electron chi connectivity index (χ3n) is 3.37. The van der Waals surface area contributed by atoms with E-state index in [0.29, 0.717) is 5.92 Å². The van der Waals surface area contributed by atoms with E-state index in [0.717, 1.165) is 44.2 Å². The second-order valence-electron chi connectivity index (χ2n) is 4.74. The van der Waals surface area contributed by atoms with E-state index in [9.17, 15) is 4.79 Å². The molecular weight excluding hydrogens is 264 g/mol. The molecule has 19 heavy (non-hydrogen) atoms. The predicted octanol–water partition coefficient (Wildman–Crippen LogP) is 2.05. The molecule has 1 aliphatic heterocycles. The van der Waals surface area contributed by atoms with E-state index in [4.69, 9.17) is 9.84 Å². The number of carbonyl (C=O) groups is 1. The Morgan fingerprint density at radius 2 is 2.53 bits per heavy atom. The number of aliphatic carboxylic acids is 1. The van der Waals surface area contributed by atoms with E-state index >= 15 is 0 Å². The number of aromatic nitrogens is 2. The normalized spacial score (nSPS) is 18.9. The molecule has 2 heterocycles. The van der Waals surface area contributed by atoms with Crippen LogP contribution < -0.4 is 0 Å². The Labute approximate surface area is 117 Å². The summed E-state index contributed by atoms with van der Waals surface area (Å²) in [6.45, 7) is 4.72. The zero-order valence-corrected chi connectivity index (χ0v) is 12.0. The second kappa shape index (κ2) is 6.96. The van der Waals surface area contributed by atoms with Crippen molar-refractivity contribution < 1.29 is 14.6 Å². The first-order chi connectivity index (χ1) is 9.20. The highest BCUT2D eigenvalue weighted by Crippen LogP contribution is 2.22. The van der Waals surface area contributed by atoms with Gasteiger partial charge >= 0.3 is 5.97 Å². The van der Waals surface area contributed by atoms with Crippen molar-refractivity contribution in [2.75, 3.05) is 19.0 Å². The van der Waals surface area contributed by atoms with Gasteiger partial charge in [-0.3, -0.25) is 4.79 Å². The van der Waals surface area contributed by atoms with Crippen LogP contribution in [0.4, 0.5) is 0 Å². The molecule has 0 bridgehead atoms. The maximum Gasteiger partial charge on any atom is 0.313 e. The number of nitrogens with zero attached hydrogens (tertiary/aromatic N) is 2. The Morgan fingerprint density at radius 3 is 3.16 bits per heavy atom. The van der Waals surface area contributed by atoms with Gasteiger partial charge in [0.1, 0.15) is 0 Å². The van der Waals surface area contributed by atoms with Crippen LogP contribution in [0.2, 0.25) is 0 Å². The van der Waals surface area contributed by atoms with E-state index in [-0.39, 0.29) is 5.75 Å². The Kier molecular flexibility index (Phi) is 5.27. The van der Waals surface area contributed by atoms with Crippen LogP contribution in [-0.4, -0.2) is 39.6 Å². The summed E-state index contributed by atoms with van der Waals surface area (Å²) < 4.78 is 7.54. The van der Waals surface area contributed by atoms with Crippen LogP contribution in [0, 0.1) is 5.92 Å². The number of carboxylic acids is 1. The quantitative estimate of drug-likeness (QED) is 0.776. The van der Waals surface area contributed by atoms with Crippen LogP contribution in [0.5, 0.6) is 0 Å². The Bertz CT molecular complexity index is 428. The summed E-state index contributed by atoms with van der Waals surface area (Å²) in [6, 6.07) is 0. The lowest BCUT2D eigenvalue weighted by atomic mass is 10.1. The Balaban J connectivity index is 1.98. The Morgan fingerprint density at radius 1 is 1.68 bits per heavy atom. The van der Waals surface area contributed by atoms with Crippen LogP contribution in [-0.2, 0) is 22.5 Å². The summed E-state index contributed by atoms with van der Waals surface area (Å²) in [6.07, 6.45) is 4.98. The zero-order valence-electron chi connectivity index (χ0n) is 11.2. The van der Waals surface area contributed by atoms with Gasteiger partial charge in [0.2, 0.25) is 0 Å². The lowest BCUT2D eigenvalue weighted by molar-refractivity contribution is -0.133. The lowest BCUT2D eigenvalue weighted by Gasteiger charge is -2.13. The molecule has 1 fully saturated rings. The Hall–Kier alpha value is -1.01. The van der Waals surface area contributed by atoms with E-state index < -0.39 is 5.97 Å². The van der Waals surface area contributed by atoms with Crippen LogP contribution in [0.25, 0.3) is 0 Å². The standard InChI is InChI=1S/C13H20N2O3S/c1-2-11-7-14-13(19-9-12(16)17)15(11)5-3-10-4-6-18-8-10/h7,10H,2-6,8-9H2,1H3,(H,16,17). The van der Waals surface area contributed by atoms with Gasteiger partial charge in [0.25, 0.3) is 0 Å². The molecule has 0 aromatic carbocycles. The monoisotopic (exact) mass is 284 g/mol. The lowest BCUT2D eigenvalue weighted by Crippen LogP contribution is -2.10. The van der Waals surface area contributed by atoms with Crippen LogP contribution in [0.3, 0.4) is 0 Å². The summed E-state index contributed by atoms with van der Waals surface area (Å²) in [5, 5.41) is 9.58. The maximum absolute atomic E-state index is 10.7. The molecule has 5 nitrogen and oxygen atoms in total. The van der Waals surface area contributed by atoms with Gasteiger partial charge in [-0.2, -0.15) is 0 Å². The highest BCUT2D eigenvalue weighted by atomic mass is 32.2. The zero-order chi connectivity index (χ0) is 13.7. The highest BCUT2D eigenvalue weighted by molar-refractivity contribution is 7.99. The van der Waals surface area contributed by atoms with Crippen molar-refractivity contribution in [1.29, 1.82) is 0 Å². The SMILES string of the molecule is CCc1cnc(SCC(=O)O)n1CCC1CCOC1. The molecule has 0 aliphatic carbocycles. The van der Waals surface area contributed by atoms with Crippen molar-refractivity contribution in [2.45, 2.75) is 37.9 Å². The molecule has 1 unspecified atom stereocenters. The van der Waals surface area contributed by atoms with Gasteiger partial charge in [-0.05, 0) is 25.2 Å². The second-order valence-corrected chi connectivity index (χ2v) is 5.68. The summed E-state index contributed by atoms with van der Waals surface area (Å²) in [5.41, 5.74) is 1.17. The molecule has 0 spiro atoms. The van der Waals surface area contributed by atoms with Gasteiger partial charge in [0.05, 0.1) is 5.75 Å². The summed E-state index contributed by atoms with van der Waals surface area (Å²) in [7, 11) is 0. The first kappa shape index (κ1) is 14.4. The molecule has 0 amide bonds. The van der Waals surface area contributed by atoms with Crippen molar-refractivity contribution >= 4 is 17.7 Å².